The fourth-order valence-corrected chi connectivity index (χ4v) is 2.84. The highest BCUT2D eigenvalue weighted by atomic mass is 19.1. The van der Waals surface area contributed by atoms with Crippen molar-refractivity contribution in [2.24, 2.45) is 11.8 Å². The standard InChI is InChI=1S/C15H19FN2O3/c1-8-4-5-13(10(8)3)17-15(19)12-7-11(18(20)21)6-9(2)14(12)16/h6-8,10,13H,4-5H2,1-3H3,(H,17,19). The molecule has 0 spiro atoms. The van der Waals surface area contributed by atoms with Gasteiger partial charge >= 0.3 is 0 Å². The normalized spacial score (nSPS) is 24.9. The first kappa shape index (κ1) is 15.4. The van der Waals surface area contributed by atoms with E-state index in [1.807, 2.05) is 0 Å². The summed E-state index contributed by atoms with van der Waals surface area (Å²) in [6.07, 6.45) is 1.87. The molecule has 5 nitrogen and oxygen atoms in total. The van der Waals surface area contributed by atoms with Gasteiger partial charge < -0.3 is 5.32 Å². The minimum atomic E-state index is -0.697. The first-order valence-corrected chi connectivity index (χ1v) is 7.06. The Bertz CT molecular complexity index is 589. The van der Waals surface area contributed by atoms with Crippen LogP contribution in [0, 0.1) is 34.7 Å². The van der Waals surface area contributed by atoms with Crippen molar-refractivity contribution in [2.75, 3.05) is 0 Å². The van der Waals surface area contributed by atoms with Gasteiger partial charge in [-0.05, 0) is 37.2 Å². The number of carbonyl (C=O) groups is 1. The molecule has 1 aliphatic carbocycles. The third-order valence-electron chi connectivity index (χ3n) is 4.48. The number of halogens is 1. The maximum Gasteiger partial charge on any atom is 0.270 e. The summed E-state index contributed by atoms with van der Waals surface area (Å²) in [6.45, 7) is 5.59. The molecule has 6 heteroatoms. The van der Waals surface area contributed by atoms with E-state index in [4.69, 9.17) is 0 Å². The molecule has 1 fully saturated rings. The maximum atomic E-state index is 14.1. The van der Waals surface area contributed by atoms with E-state index in [1.54, 1.807) is 0 Å². The van der Waals surface area contributed by atoms with Crippen molar-refractivity contribution in [3.63, 3.8) is 0 Å². The summed E-state index contributed by atoms with van der Waals surface area (Å²) in [5.41, 5.74) is -0.428. The lowest BCUT2D eigenvalue weighted by Gasteiger charge is -2.20. The summed E-state index contributed by atoms with van der Waals surface area (Å²) < 4.78 is 14.1. The molecule has 0 radical (unpaired) electrons. The Morgan fingerprint density at radius 2 is 2.05 bits per heavy atom. The van der Waals surface area contributed by atoms with E-state index < -0.39 is 16.6 Å². The number of carbonyl (C=O) groups excluding carboxylic acids is 1. The number of aryl methyl sites for hydroxylation is 1. The molecule has 114 valence electrons. The first-order valence-electron chi connectivity index (χ1n) is 7.06. The number of hydrogen-bond acceptors (Lipinski definition) is 3. The van der Waals surface area contributed by atoms with Gasteiger partial charge in [0, 0.05) is 18.2 Å². The van der Waals surface area contributed by atoms with Crippen LogP contribution in [0.25, 0.3) is 0 Å². The summed E-state index contributed by atoms with van der Waals surface area (Å²) in [5, 5.41) is 13.6. The number of nitrogens with one attached hydrogen (secondary N) is 1. The number of hydrogen-bond donors (Lipinski definition) is 1. The summed E-state index contributed by atoms with van der Waals surface area (Å²) in [4.78, 5) is 22.4. The molecule has 21 heavy (non-hydrogen) atoms. The molecule has 1 aliphatic rings. The predicted octanol–water partition coefficient (Wildman–Crippen LogP) is 3.21. The first-order chi connectivity index (χ1) is 9.81. The number of rotatable bonds is 3. The molecular formula is C15H19FN2O3. The number of nitro benzene ring substituents is 1. The molecule has 3 atom stereocenters. The lowest BCUT2D eigenvalue weighted by Crippen LogP contribution is -2.37. The summed E-state index contributed by atoms with van der Waals surface area (Å²) in [5.74, 6) is -0.453. The van der Waals surface area contributed by atoms with Crippen molar-refractivity contribution in [1.82, 2.24) is 5.32 Å². The van der Waals surface area contributed by atoms with Crippen molar-refractivity contribution >= 4 is 11.6 Å². The van der Waals surface area contributed by atoms with E-state index in [0.717, 1.165) is 25.0 Å². The molecule has 0 aromatic heterocycles. The average molecular weight is 294 g/mol. The third kappa shape index (κ3) is 3.04. The van der Waals surface area contributed by atoms with E-state index in [2.05, 4.69) is 19.2 Å². The molecule has 3 unspecified atom stereocenters. The molecule has 0 saturated heterocycles. The molecule has 0 aliphatic heterocycles. The fourth-order valence-electron chi connectivity index (χ4n) is 2.84. The van der Waals surface area contributed by atoms with E-state index in [-0.39, 0.29) is 22.9 Å². The molecule has 1 amide bonds. The highest BCUT2D eigenvalue weighted by Crippen LogP contribution is 2.31. The van der Waals surface area contributed by atoms with Gasteiger partial charge in [0.15, 0.2) is 0 Å². The SMILES string of the molecule is Cc1cc([N+](=O)[O-])cc(C(=O)NC2CCC(C)C2C)c1F. The van der Waals surface area contributed by atoms with Crippen LogP contribution in [0.2, 0.25) is 0 Å². The van der Waals surface area contributed by atoms with Gasteiger partial charge in [-0.3, -0.25) is 14.9 Å². The molecule has 0 heterocycles. The van der Waals surface area contributed by atoms with Gasteiger partial charge in [-0.25, -0.2) is 4.39 Å². The van der Waals surface area contributed by atoms with Crippen LogP contribution in [0.4, 0.5) is 10.1 Å². The maximum absolute atomic E-state index is 14.1. The van der Waals surface area contributed by atoms with Gasteiger partial charge in [-0.2, -0.15) is 0 Å². The summed E-state index contributed by atoms with van der Waals surface area (Å²) >= 11 is 0. The van der Waals surface area contributed by atoms with Gasteiger partial charge in [0.05, 0.1) is 10.5 Å². The minimum Gasteiger partial charge on any atom is -0.349 e. The Labute approximate surface area is 122 Å². The lowest BCUT2D eigenvalue weighted by molar-refractivity contribution is -0.385. The molecule has 1 N–H and O–H groups in total. The van der Waals surface area contributed by atoms with E-state index in [0.29, 0.717) is 11.8 Å². The van der Waals surface area contributed by atoms with Crippen LogP contribution in [-0.2, 0) is 0 Å². The number of amides is 1. The fraction of sp³-hybridized carbons (Fsp3) is 0.533. The Morgan fingerprint density at radius 3 is 2.57 bits per heavy atom. The predicted molar refractivity (Wildman–Crippen MR) is 76.6 cm³/mol. The molecule has 2 rings (SSSR count). The van der Waals surface area contributed by atoms with Crippen molar-refractivity contribution in [3.05, 3.63) is 39.2 Å². The largest absolute Gasteiger partial charge is 0.349 e. The van der Waals surface area contributed by atoms with Crippen molar-refractivity contribution < 1.29 is 14.1 Å². The highest BCUT2D eigenvalue weighted by Gasteiger charge is 2.32. The Balaban J connectivity index is 2.25. The van der Waals surface area contributed by atoms with Gasteiger partial charge in [0.2, 0.25) is 0 Å². The summed E-state index contributed by atoms with van der Waals surface area (Å²) in [6, 6.07) is 2.12. The zero-order chi connectivity index (χ0) is 15.7. The third-order valence-corrected chi connectivity index (χ3v) is 4.48. The molecule has 1 saturated carbocycles. The Kier molecular flexibility index (Phi) is 4.25. The average Bonchev–Trinajstić information content (AvgIpc) is 2.73. The second-order valence-corrected chi connectivity index (χ2v) is 5.88. The Hall–Kier alpha value is -1.98. The highest BCUT2D eigenvalue weighted by molar-refractivity contribution is 5.95. The zero-order valence-electron chi connectivity index (χ0n) is 12.4. The van der Waals surface area contributed by atoms with Crippen LogP contribution in [0.3, 0.4) is 0 Å². The van der Waals surface area contributed by atoms with Crippen LogP contribution in [0.1, 0.15) is 42.6 Å². The van der Waals surface area contributed by atoms with Crippen LogP contribution in [0.15, 0.2) is 12.1 Å². The van der Waals surface area contributed by atoms with Gasteiger partial charge in [0.1, 0.15) is 5.82 Å². The number of benzene rings is 1. The van der Waals surface area contributed by atoms with Crippen molar-refractivity contribution in [2.45, 2.75) is 39.7 Å². The van der Waals surface area contributed by atoms with Gasteiger partial charge in [0.25, 0.3) is 11.6 Å². The second-order valence-electron chi connectivity index (χ2n) is 5.88. The molecular weight excluding hydrogens is 275 g/mol. The topological polar surface area (TPSA) is 72.2 Å². The molecule has 0 bridgehead atoms. The van der Waals surface area contributed by atoms with Crippen molar-refractivity contribution in [3.8, 4) is 0 Å². The van der Waals surface area contributed by atoms with Crippen LogP contribution < -0.4 is 5.32 Å². The number of non-ortho nitro benzene ring substituents is 1. The van der Waals surface area contributed by atoms with E-state index in [1.165, 1.54) is 6.92 Å². The molecule has 1 aromatic rings. The Morgan fingerprint density at radius 1 is 1.38 bits per heavy atom. The lowest BCUT2D eigenvalue weighted by atomic mass is 9.97. The van der Waals surface area contributed by atoms with Crippen molar-refractivity contribution in [1.29, 1.82) is 0 Å². The van der Waals surface area contributed by atoms with Gasteiger partial charge in [-0.15, -0.1) is 0 Å². The van der Waals surface area contributed by atoms with Gasteiger partial charge in [-0.1, -0.05) is 13.8 Å². The van der Waals surface area contributed by atoms with Crippen LogP contribution >= 0.6 is 0 Å². The minimum absolute atomic E-state index is 0.00790. The summed E-state index contributed by atoms with van der Waals surface area (Å²) in [7, 11) is 0. The van der Waals surface area contributed by atoms with E-state index in [9.17, 15) is 19.3 Å². The van der Waals surface area contributed by atoms with E-state index >= 15 is 0 Å². The smallest absolute Gasteiger partial charge is 0.270 e. The zero-order valence-corrected chi connectivity index (χ0v) is 12.4. The quantitative estimate of drug-likeness (QED) is 0.687. The van der Waals surface area contributed by atoms with Crippen LogP contribution in [-0.4, -0.2) is 16.9 Å². The molecule has 1 aromatic carbocycles. The second kappa shape index (κ2) is 5.79. The monoisotopic (exact) mass is 294 g/mol. The number of nitrogens with zero attached hydrogens (tertiary/aromatic N) is 1. The van der Waals surface area contributed by atoms with Crippen LogP contribution in [0.5, 0.6) is 0 Å². The number of nitro groups is 1.